The second-order valence-electron chi connectivity index (χ2n) is 6.60. The Labute approximate surface area is 124 Å². The summed E-state index contributed by atoms with van der Waals surface area (Å²) in [4.78, 5) is 0. The van der Waals surface area contributed by atoms with Gasteiger partial charge in [-0.3, -0.25) is 4.72 Å². The van der Waals surface area contributed by atoms with Crippen molar-refractivity contribution < 1.29 is 0 Å². The first-order valence-corrected chi connectivity index (χ1v) is 9.74. The van der Waals surface area contributed by atoms with Crippen LogP contribution in [0, 0.1) is 0 Å². The Morgan fingerprint density at radius 3 is 1.47 bits per heavy atom. The molecule has 1 nitrogen and oxygen atoms in total. The molecule has 112 valence electrons. The maximum absolute atomic E-state index is 3.84. The lowest BCUT2D eigenvalue weighted by atomic mass is 9.97. The van der Waals surface area contributed by atoms with E-state index in [4.69, 9.17) is 0 Å². The molecule has 2 heteroatoms. The van der Waals surface area contributed by atoms with Gasteiger partial charge < -0.3 is 0 Å². The lowest BCUT2D eigenvalue weighted by molar-refractivity contribution is 0.436. The zero-order valence-corrected chi connectivity index (χ0v) is 13.5. The highest BCUT2D eigenvalue weighted by Crippen LogP contribution is 2.26. The summed E-state index contributed by atoms with van der Waals surface area (Å²) in [5.74, 6) is 0. The van der Waals surface area contributed by atoms with E-state index in [1.807, 2.05) is 0 Å². The molecule has 2 aliphatic rings. The van der Waals surface area contributed by atoms with Crippen molar-refractivity contribution in [2.24, 2.45) is 0 Å². The molecule has 1 N–H and O–H groups in total. The summed E-state index contributed by atoms with van der Waals surface area (Å²) in [5.41, 5.74) is 0. The van der Waals surface area contributed by atoms with Gasteiger partial charge in [0.15, 0.2) is 0 Å². The summed E-state index contributed by atoms with van der Waals surface area (Å²) < 4.78 is 3.84. The van der Waals surface area contributed by atoms with Crippen LogP contribution in [-0.4, -0.2) is 11.3 Å². The van der Waals surface area contributed by atoms with Crippen molar-refractivity contribution in [3.05, 3.63) is 0 Å². The molecular weight excluding hydrogens is 250 g/mol. The minimum Gasteiger partial charge on any atom is -0.261 e. The predicted octanol–water partition coefficient (Wildman–Crippen LogP) is 5.84. The fourth-order valence-corrected chi connectivity index (χ4v) is 4.67. The first-order valence-electron chi connectivity index (χ1n) is 8.86. The van der Waals surface area contributed by atoms with Crippen LogP contribution in [0.15, 0.2) is 0 Å². The van der Waals surface area contributed by atoms with Crippen LogP contribution in [0.3, 0.4) is 0 Å². The predicted molar refractivity (Wildman–Crippen MR) is 87.6 cm³/mol. The highest BCUT2D eigenvalue weighted by atomic mass is 32.2. The molecule has 0 heterocycles. The van der Waals surface area contributed by atoms with E-state index in [-0.39, 0.29) is 0 Å². The number of rotatable bonds is 3. The van der Waals surface area contributed by atoms with Gasteiger partial charge in [0, 0.05) is 11.3 Å². The van der Waals surface area contributed by atoms with Crippen LogP contribution in [0.25, 0.3) is 0 Å². The molecule has 0 aliphatic heterocycles. The molecule has 0 spiro atoms. The lowest BCUT2D eigenvalue weighted by Crippen LogP contribution is -2.26. The van der Waals surface area contributed by atoms with Gasteiger partial charge in [0.2, 0.25) is 0 Å². The third kappa shape index (κ3) is 7.04. The van der Waals surface area contributed by atoms with Gasteiger partial charge in [-0.05, 0) is 25.7 Å². The van der Waals surface area contributed by atoms with E-state index in [0.717, 1.165) is 11.3 Å². The van der Waals surface area contributed by atoms with E-state index in [9.17, 15) is 0 Å². The smallest absolute Gasteiger partial charge is 0.0193 e. The van der Waals surface area contributed by atoms with E-state index < -0.39 is 0 Å². The summed E-state index contributed by atoms with van der Waals surface area (Å²) in [7, 11) is 0. The Morgan fingerprint density at radius 1 is 0.526 bits per heavy atom. The highest BCUT2D eigenvalue weighted by molar-refractivity contribution is 7.98. The van der Waals surface area contributed by atoms with Gasteiger partial charge in [-0.1, -0.05) is 82.6 Å². The highest BCUT2D eigenvalue weighted by Gasteiger charge is 2.15. The van der Waals surface area contributed by atoms with Crippen LogP contribution < -0.4 is 4.72 Å². The van der Waals surface area contributed by atoms with Crippen molar-refractivity contribution in [1.82, 2.24) is 4.72 Å². The third-order valence-electron chi connectivity index (χ3n) is 4.81. The fourth-order valence-electron chi connectivity index (χ4n) is 3.48. The van der Waals surface area contributed by atoms with E-state index in [0.29, 0.717) is 0 Å². The van der Waals surface area contributed by atoms with Crippen LogP contribution in [0.4, 0.5) is 0 Å². The van der Waals surface area contributed by atoms with Crippen molar-refractivity contribution in [3.63, 3.8) is 0 Å². The average Bonchev–Trinajstić information content (AvgIpc) is 2.51. The Hall–Kier alpha value is 0.310. The van der Waals surface area contributed by atoms with Gasteiger partial charge in [0.25, 0.3) is 0 Å². The van der Waals surface area contributed by atoms with E-state index in [2.05, 4.69) is 16.7 Å². The summed E-state index contributed by atoms with van der Waals surface area (Å²) in [5, 5.41) is 0.892. The van der Waals surface area contributed by atoms with Crippen molar-refractivity contribution in [3.8, 4) is 0 Å². The van der Waals surface area contributed by atoms with Gasteiger partial charge in [0.1, 0.15) is 0 Å². The van der Waals surface area contributed by atoms with E-state index in [1.54, 1.807) is 0 Å². The first kappa shape index (κ1) is 15.7. The molecule has 2 rings (SSSR count). The normalized spacial score (nSPS) is 25.9. The molecule has 0 aromatic heterocycles. The number of hydrogen-bond acceptors (Lipinski definition) is 2. The maximum atomic E-state index is 3.84. The quantitative estimate of drug-likeness (QED) is 0.653. The number of hydrogen-bond donors (Lipinski definition) is 1. The van der Waals surface area contributed by atoms with Crippen molar-refractivity contribution in [1.29, 1.82) is 0 Å². The summed E-state index contributed by atoms with van der Waals surface area (Å²) in [6.07, 6.45) is 21.9. The number of nitrogens with one attached hydrogen (secondary N) is 1. The molecular formula is C17H33NS. The second-order valence-corrected chi connectivity index (χ2v) is 7.74. The zero-order chi connectivity index (χ0) is 13.2. The lowest BCUT2D eigenvalue weighted by Gasteiger charge is -2.23. The van der Waals surface area contributed by atoms with Crippen molar-refractivity contribution in [2.45, 2.75) is 108 Å². The molecule has 19 heavy (non-hydrogen) atoms. The molecule has 0 bridgehead atoms. The first-order chi connectivity index (χ1) is 9.45. The Kier molecular flexibility index (Phi) is 8.34. The minimum atomic E-state index is 0.804. The average molecular weight is 284 g/mol. The Morgan fingerprint density at radius 2 is 0.947 bits per heavy atom. The van der Waals surface area contributed by atoms with Gasteiger partial charge in [-0.2, -0.15) is 0 Å². The van der Waals surface area contributed by atoms with Crippen LogP contribution in [0.2, 0.25) is 0 Å². The Bertz CT molecular complexity index is 201. The van der Waals surface area contributed by atoms with Gasteiger partial charge >= 0.3 is 0 Å². The topological polar surface area (TPSA) is 12.0 Å². The molecule has 0 atom stereocenters. The SMILES string of the molecule is C1CCCC(NSC2CCCCCCCC2)CCC1. The van der Waals surface area contributed by atoms with Crippen LogP contribution in [0.1, 0.15) is 96.3 Å². The maximum Gasteiger partial charge on any atom is 0.0193 e. The molecule has 2 saturated carbocycles. The standard InChI is InChI=1S/C17H33NS/c1-2-7-11-15-17(14-10-6-1)19-18-16-12-8-4-3-5-9-13-16/h16-18H,1-15H2. The zero-order valence-electron chi connectivity index (χ0n) is 12.7. The summed E-state index contributed by atoms with van der Waals surface area (Å²) >= 11 is 2.10. The van der Waals surface area contributed by atoms with Gasteiger partial charge in [-0.25, -0.2) is 0 Å². The molecule has 2 aliphatic carbocycles. The minimum absolute atomic E-state index is 0.804. The monoisotopic (exact) mass is 283 g/mol. The van der Waals surface area contributed by atoms with Gasteiger partial charge in [0.05, 0.1) is 0 Å². The summed E-state index contributed by atoms with van der Waals surface area (Å²) in [6.45, 7) is 0. The Balaban J connectivity index is 1.66. The van der Waals surface area contributed by atoms with Crippen LogP contribution in [0.5, 0.6) is 0 Å². The molecule has 0 aromatic carbocycles. The molecule has 0 saturated heterocycles. The third-order valence-corrected chi connectivity index (χ3v) is 6.08. The largest absolute Gasteiger partial charge is 0.261 e. The fraction of sp³-hybridized carbons (Fsp3) is 1.00. The van der Waals surface area contributed by atoms with Crippen LogP contribution in [-0.2, 0) is 0 Å². The van der Waals surface area contributed by atoms with Crippen molar-refractivity contribution in [2.75, 3.05) is 0 Å². The van der Waals surface area contributed by atoms with Gasteiger partial charge in [-0.15, -0.1) is 0 Å². The molecule has 0 radical (unpaired) electrons. The van der Waals surface area contributed by atoms with Crippen LogP contribution >= 0.6 is 11.9 Å². The summed E-state index contributed by atoms with van der Waals surface area (Å²) in [6, 6.07) is 0.804. The molecule has 0 aromatic rings. The molecule has 2 fully saturated rings. The van der Waals surface area contributed by atoms with Crippen molar-refractivity contribution >= 4 is 11.9 Å². The second kappa shape index (κ2) is 10.1. The van der Waals surface area contributed by atoms with E-state index >= 15 is 0 Å². The van der Waals surface area contributed by atoms with E-state index in [1.165, 1.54) is 96.3 Å². The molecule has 0 amide bonds. The molecule has 0 unspecified atom stereocenters.